The average molecular weight is 587 g/mol. The molecule has 8 nitrogen and oxygen atoms in total. The molecule has 1 fully saturated rings. The predicted octanol–water partition coefficient (Wildman–Crippen LogP) is 6.81. The lowest BCUT2D eigenvalue weighted by atomic mass is 9.96. The lowest BCUT2D eigenvalue weighted by Crippen LogP contribution is -2.52. The summed E-state index contributed by atoms with van der Waals surface area (Å²) >= 11 is 6.66. The number of hydrogen-bond acceptors (Lipinski definition) is 8. The molecule has 2 aromatic rings. The first-order valence-corrected chi connectivity index (χ1v) is 13.5. The normalized spacial score (nSPS) is 17.7. The molecule has 0 saturated heterocycles. The van der Waals surface area contributed by atoms with Crippen LogP contribution in [0.1, 0.15) is 53.0 Å². The number of rotatable bonds is 9. The number of benzene rings is 1. The molecule has 41 heavy (non-hydrogen) atoms. The Hall–Kier alpha value is -3.75. The van der Waals surface area contributed by atoms with E-state index in [1.807, 2.05) is 26.0 Å². The number of aliphatic imine (C=N–C) groups is 1. The number of alkyl halides is 3. The lowest BCUT2D eigenvalue weighted by Gasteiger charge is -2.28. The van der Waals surface area contributed by atoms with Gasteiger partial charge in [-0.05, 0) is 49.8 Å². The summed E-state index contributed by atoms with van der Waals surface area (Å²) in [6.45, 7) is 14.7. The van der Waals surface area contributed by atoms with Crippen molar-refractivity contribution in [2.75, 3.05) is 17.2 Å². The molecule has 2 heterocycles. The van der Waals surface area contributed by atoms with Crippen molar-refractivity contribution in [3.63, 3.8) is 0 Å². The molecular weight excluding hydrogens is 553 g/mol. The molecule has 12 heteroatoms. The fraction of sp³-hybridized carbons (Fsp3) is 0.414. The minimum absolute atomic E-state index is 0.00516. The zero-order chi connectivity index (χ0) is 30.2. The Labute approximate surface area is 243 Å². The summed E-state index contributed by atoms with van der Waals surface area (Å²) < 4.78 is 41.4. The third kappa shape index (κ3) is 6.44. The number of nitrogens with one attached hydrogen (secondary N) is 4. The summed E-state index contributed by atoms with van der Waals surface area (Å²) in [5.74, 6) is 0. The van der Waals surface area contributed by atoms with Gasteiger partial charge >= 0.3 is 6.18 Å². The van der Waals surface area contributed by atoms with Crippen molar-refractivity contribution in [1.29, 1.82) is 5.26 Å². The maximum Gasteiger partial charge on any atom is 0.413 e. The zero-order valence-corrected chi connectivity index (χ0v) is 24.4. The van der Waals surface area contributed by atoms with E-state index in [2.05, 4.69) is 65.0 Å². The van der Waals surface area contributed by atoms with E-state index in [0.29, 0.717) is 50.7 Å². The highest BCUT2D eigenvalue weighted by Gasteiger charge is 2.67. The van der Waals surface area contributed by atoms with Crippen LogP contribution in [0.25, 0.3) is 10.9 Å². The van der Waals surface area contributed by atoms with Crippen molar-refractivity contribution in [2.24, 2.45) is 10.4 Å². The fourth-order valence-electron chi connectivity index (χ4n) is 4.33. The molecule has 1 atom stereocenters. The number of aromatic nitrogens is 1. The van der Waals surface area contributed by atoms with Gasteiger partial charge in [0.05, 0.1) is 33.5 Å². The molecule has 0 amide bonds. The summed E-state index contributed by atoms with van der Waals surface area (Å²) in [4.78, 5) is 8.79. The van der Waals surface area contributed by atoms with Crippen molar-refractivity contribution >= 4 is 40.1 Å². The van der Waals surface area contributed by atoms with E-state index >= 15 is 0 Å². The van der Waals surface area contributed by atoms with Crippen LogP contribution in [0.3, 0.4) is 0 Å². The van der Waals surface area contributed by atoms with E-state index in [9.17, 15) is 18.4 Å². The van der Waals surface area contributed by atoms with E-state index in [0.717, 1.165) is 10.7 Å². The zero-order valence-electron chi connectivity index (χ0n) is 23.7. The monoisotopic (exact) mass is 586 g/mol. The van der Waals surface area contributed by atoms with Crippen LogP contribution < -0.4 is 21.6 Å². The minimum atomic E-state index is -4.40. The molecule has 4 rings (SSSR count). The summed E-state index contributed by atoms with van der Waals surface area (Å²) in [5, 5.41) is 18.5. The SMILES string of the molecule is C=C(/C=N\C(C)=C/C)[C@H](Nc1cc(Cl)c2ncc(C#N)c(NCC(C)(C)C)c2c1)C1=CN(C2(C(F)(F)F)CC2)NN1. The van der Waals surface area contributed by atoms with E-state index < -0.39 is 17.8 Å². The molecule has 1 aromatic carbocycles. The van der Waals surface area contributed by atoms with Gasteiger partial charge in [0.25, 0.3) is 0 Å². The van der Waals surface area contributed by atoms with Crippen LogP contribution in [0, 0.1) is 16.7 Å². The highest BCUT2D eigenvalue weighted by Crippen LogP contribution is 2.53. The van der Waals surface area contributed by atoms with Crippen molar-refractivity contribution in [1.82, 2.24) is 21.0 Å². The Balaban J connectivity index is 1.75. The van der Waals surface area contributed by atoms with Gasteiger partial charge in [0.15, 0.2) is 5.54 Å². The molecule has 0 radical (unpaired) electrons. The lowest BCUT2D eigenvalue weighted by molar-refractivity contribution is -0.195. The van der Waals surface area contributed by atoms with Gasteiger partial charge in [0.2, 0.25) is 0 Å². The number of anilines is 2. The largest absolute Gasteiger partial charge is 0.413 e. The van der Waals surface area contributed by atoms with Crippen LogP contribution in [-0.2, 0) is 0 Å². The first-order chi connectivity index (χ1) is 19.2. The third-order valence-corrected chi connectivity index (χ3v) is 7.27. The van der Waals surface area contributed by atoms with E-state index in [1.165, 1.54) is 12.4 Å². The Morgan fingerprint density at radius 1 is 1.34 bits per heavy atom. The Kier molecular flexibility index (Phi) is 8.30. The Morgan fingerprint density at radius 3 is 2.63 bits per heavy atom. The predicted molar refractivity (Wildman–Crippen MR) is 158 cm³/mol. The van der Waals surface area contributed by atoms with Gasteiger partial charge in [0.1, 0.15) is 6.07 Å². The van der Waals surface area contributed by atoms with Crippen LogP contribution in [-0.4, -0.2) is 40.5 Å². The maximum absolute atomic E-state index is 13.8. The highest BCUT2D eigenvalue weighted by atomic mass is 35.5. The molecular formula is C29H34ClF3N8. The second-order valence-electron chi connectivity index (χ2n) is 11.5. The van der Waals surface area contributed by atoms with Crippen molar-refractivity contribution in [2.45, 2.75) is 65.2 Å². The topological polar surface area (TPSA) is 100 Å². The number of fused-ring (bicyclic) bond motifs is 1. The van der Waals surface area contributed by atoms with Gasteiger partial charge < -0.3 is 16.1 Å². The number of allylic oxidation sites excluding steroid dienone is 2. The van der Waals surface area contributed by atoms with Gasteiger partial charge in [-0.3, -0.25) is 15.0 Å². The van der Waals surface area contributed by atoms with Crippen LogP contribution in [0.5, 0.6) is 0 Å². The van der Waals surface area contributed by atoms with Crippen molar-refractivity contribution in [3.8, 4) is 6.07 Å². The molecule has 1 aliphatic heterocycles. The summed E-state index contributed by atoms with van der Waals surface area (Å²) in [6.07, 6.45) is 1.89. The number of hydrazine groups is 2. The number of nitrogens with zero attached hydrogens (tertiary/aromatic N) is 4. The van der Waals surface area contributed by atoms with Gasteiger partial charge in [-0.25, -0.2) is 0 Å². The smallest absolute Gasteiger partial charge is 0.383 e. The molecule has 1 aliphatic carbocycles. The highest BCUT2D eigenvalue weighted by molar-refractivity contribution is 6.35. The molecule has 218 valence electrons. The molecule has 0 bridgehead atoms. The van der Waals surface area contributed by atoms with Crippen molar-refractivity contribution in [3.05, 3.63) is 64.7 Å². The third-order valence-electron chi connectivity index (χ3n) is 6.99. The summed E-state index contributed by atoms with van der Waals surface area (Å²) in [7, 11) is 0. The Bertz CT molecular complexity index is 1480. The molecule has 1 aromatic heterocycles. The summed E-state index contributed by atoms with van der Waals surface area (Å²) in [5.41, 5.74) is 7.23. The minimum Gasteiger partial charge on any atom is -0.383 e. The quantitative estimate of drug-likeness (QED) is 0.239. The molecule has 0 unspecified atom stereocenters. The number of nitriles is 1. The van der Waals surface area contributed by atoms with Crippen LogP contribution in [0.2, 0.25) is 5.02 Å². The van der Waals surface area contributed by atoms with Crippen LogP contribution in [0.15, 0.2) is 59.1 Å². The molecule has 4 N–H and O–H groups in total. The van der Waals surface area contributed by atoms with Crippen LogP contribution in [0.4, 0.5) is 24.5 Å². The second-order valence-corrected chi connectivity index (χ2v) is 11.9. The van der Waals surface area contributed by atoms with Crippen molar-refractivity contribution < 1.29 is 13.2 Å². The Morgan fingerprint density at radius 2 is 2.05 bits per heavy atom. The molecule has 1 saturated carbocycles. The first kappa shape index (κ1) is 30.2. The van der Waals surface area contributed by atoms with Crippen LogP contribution >= 0.6 is 11.6 Å². The number of pyridine rings is 1. The number of hydrogen-bond donors (Lipinski definition) is 4. The van der Waals surface area contributed by atoms with Gasteiger partial charge in [-0.15, -0.1) is 5.53 Å². The maximum atomic E-state index is 13.8. The summed E-state index contributed by atoms with van der Waals surface area (Å²) in [6, 6.07) is 4.99. The molecule has 2 aliphatic rings. The van der Waals surface area contributed by atoms with E-state index in [4.69, 9.17) is 11.6 Å². The second kappa shape index (κ2) is 11.3. The first-order valence-electron chi connectivity index (χ1n) is 13.2. The van der Waals surface area contributed by atoms with Gasteiger partial charge in [-0.2, -0.15) is 18.4 Å². The molecule has 0 spiro atoms. The average Bonchev–Trinajstić information content (AvgIpc) is 3.59. The van der Waals surface area contributed by atoms with E-state index in [1.54, 1.807) is 12.3 Å². The fourth-order valence-corrected chi connectivity index (χ4v) is 4.60. The number of halogens is 4. The van der Waals surface area contributed by atoms with Gasteiger partial charge in [0, 0.05) is 41.9 Å². The van der Waals surface area contributed by atoms with Gasteiger partial charge in [-0.1, -0.05) is 45.0 Å². The van der Waals surface area contributed by atoms with E-state index in [-0.39, 0.29) is 18.3 Å². The standard InChI is InChI=1S/C29H34ClF3N8/c1-7-18(3)35-13-17(2)24(23-15-41(40-39-23)28(8-9-28)29(31,32)33)38-20-10-21-25(37-16-27(4,5)6)19(12-34)14-36-26(21)22(30)11-20/h7,10-11,13-15,24,38-40H,2,8-9,16H2,1,3-6H3,(H,36,37)/b18-7-,35-13-/t24-/m0/s1.